The third-order valence-corrected chi connectivity index (χ3v) is 1.23. The maximum Gasteiger partial charge on any atom is 0.213 e. The molecule has 0 N–H and O–H groups in total. The normalized spacial score (nSPS) is 8.90. The number of rotatable bonds is 2. The molecule has 1 heterocycles. The maximum absolute atomic E-state index is 10.2. The molecule has 0 radical (unpaired) electrons. The fourth-order valence-corrected chi connectivity index (χ4v) is 0.640. The molecule has 1 amide bonds. The fraction of sp³-hybridized carbons (Fsp3) is 0.143. The molecule has 0 aliphatic heterocycles. The number of pyridine rings is 1. The van der Waals surface area contributed by atoms with Crippen molar-refractivity contribution in [2.45, 2.75) is 0 Å². The van der Waals surface area contributed by atoms with Crippen molar-refractivity contribution in [1.29, 1.82) is 0 Å². The number of aromatic nitrogens is 1. The van der Waals surface area contributed by atoms with Gasteiger partial charge in [0.1, 0.15) is 0 Å². The van der Waals surface area contributed by atoms with Crippen molar-refractivity contribution in [3.05, 3.63) is 24.5 Å². The Labute approximate surface area is 59.3 Å². The van der Waals surface area contributed by atoms with Crippen molar-refractivity contribution in [3.63, 3.8) is 0 Å². The number of hydrogen-bond donors (Lipinski definition) is 0. The molecule has 0 bridgehead atoms. The number of nitrogens with zero attached hydrogens (tertiary/aromatic N) is 2. The van der Waals surface area contributed by atoms with Crippen LogP contribution in [0, 0.1) is 0 Å². The van der Waals surface area contributed by atoms with Crippen LogP contribution in [0.2, 0.25) is 0 Å². The molecule has 0 saturated carbocycles. The molecule has 52 valence electrons. The molecule has 1 aromatic rings. The van der Waals surface area contributed by atoms with Gasteiger partial charge in [-0.05, 0) is 12.1 Å². The van der Waals surface area contributed by atoms with Crippen molar-refractivity contribution >= 4 is 12.1 Å². The Morgan fingerprint density at radius 3 is 2.60 bits per heavy atom. The highest BCUT2D eigenvalue weighted by Gasteiger charge is 1.93. The molecule has 0 aromatic carbocycles. The molecule has 10 heavy (non-hydrogen) atoms. The molecule has 0 spiro atoms. The van der Waals surface area contributed by atoms with Crippen LogP contribution in [-0.2, 0) is 4.79 Å². The van der Waals surface area contributed by atoms with E-state index in [2.05, 4.69) is 4.98 Å². The highest BCUT2D eigenvalue weighted by molar-refractivity contribution is 5.73. The molecule has 0 aliphatic carbocycles. The van der Waals surface area contributed by atoms with Gasteiger partial charge in [-0.15, -0.1) is 0 Å². The van der Waals surface area contributed by atoms with Gasteiger partial charge in [0.2, 0.25) is 6.41 Å². The van der Waals surface area contributed by atoms with E-state index < -0.39 is 0 Å². The van der Waals surface area contributed by atoms with E-state index in [0.717, 1.165) is 12.1 Å². The lowest BCUT2D eigenvalue weighted by molar-refractivity contribution is -0.107. The van der Waals surface area contributed by atoms with Crippen molar-refractivity contribution in [1.82, 2.24) is 4.98 Å². The van der Waals surface area contributed by atoms with Gasteiger partial charge in [-0.2, -0.15) is 0 Å². The minimum absolute atomic E-state index is 0.759. The standard InChI is InChI=1S/C7H8N2O/c1-9(6-10)7-2-4-8-5-3-7/h2-6H,1H3. The van der Waals surface area contributed by atoms with Gasteiger partial charge in [-0.25, -0.2) is 0 Å². The van der Waals surface area contributed by atoms with Gasteiger partial charge < -0.3 is 4.90 Å². The Morgan fingerprint density at radius 1 is 1.50 bits per heavy atom. The van der Waals surface area contributed by atoms with Crippen LogP contribution in [-0.4, -0.2) is 18.4 Å². The average molecular weight is 136 g/mol. The zero-order chi connectivity index (χ0) is 7.40. The highest BCUT2D eigenvalue weighted by Crippen LogP contribution is 2.06. The summed E-state index contributed by atoms with van der Waals surface area (Å²) in [6.45, 7) is 0. The number of hydrogen-bond acceptors (Lipinski definition) is 2. The van der Waals surface area contributed by atoms with Gasteiger partial charge in [-0.3, -0.25) is 9.78 Å². The van der Waals surface area contributed by atoms with Crippen molar-refractivity contribution in [2.24, 2.45) is 0 Å². The predicted molar refractivity (Wildman–Crippen MR) is 38.7 cm³/mol. The van der Waals surface area contributed by atoms with Gasteiger partial charge >= 0.3 is 0 Å². The summed E-state index contributed by atoms with van der Waals surface area (Å²) in [6.07, 6.45) is 4.06. The van der Waals surface area contributed by atoms with Crippen molar-refractivity contribution < 1.29 is 4.79 Å². The topological polar surface area (TPSA) is 33.2 Å². The second kappa shape index (κ2) is 2.96. The molecule has 3 heteroatoms. The number of anilines is 1. The minimum Gasteiger partial charge on any atom is -0.318 e. The van der Waals surface area contributed by atoms with E-state index in [1.807, 2.05) is 0 Å². The quantitative estimate of drug-likeness (QED) is 0.560. The van der Waals surface area contributed by atoms with Crippen LogP contribution in [0.5, 0.6) is 0 Å². The summed E-state index contributed by atoms with van der Waals surface area (Å²) in [7, 11) is 1.70. The largest absolute Gasteiger partial charge is 0.318 e. The van der Waals surface area contributed by atoms with Crippen LogP contribution >= 0.6 is 0 Å². The van der Waals surface area contributed by atoms with Gasteiger partial charge in [0, 0.05) is 25.1 Å². The summed E-state index contributed by atoms with van der Waals surface area (Å²) in [5.74, 6) is 0. The van der Waals surface area contributed by atoms with Crippen molar-refractivity contribution in [2.75, 3.05) is 11.9 Å². The Morgan fingerprint density at radius 2 is 2.10 bits per heavy atom. The molecule has 0 unspecified atom stereocenters. The van der Waals surface area contributed by atoms with E-state index in [-0.39, 0.29) is 0 Å². The summed E-state index contributed by atoms with van der Waals surface area (Å²) in [5.41, 5.74) is 0.852. The first kappa shape index (κ1) is 6.74. The lowest BCUT2D eigenvalue weighted by atomic mass is 10.4. The molecule has 1 rings (SSSR count). The second-order valence-electron chi connectivity index (χ2n) is 1.92. The molecule has 0 aliphatic rings. The van der Waals surface area contributed by atoms with Gasteiger partial charge in [0.15, 0.2) is 0 Å². The monoisotopic (exact) mass is 136 g/mol. The first-order chi connectivity index (χ1) is 4.84. The Hall–Kier alpha value is -1.38. The summed E-state index contributed by atoms with van der Waals surface area (Å²) in [6, 6.07) is 3.54. The van der Waals surface area contributed by atoms with Crippen LogP contribution in [0.3, 0.4) is 0 Å². The minimum atomic E-state index is 0.759. The van der Waals surface area contributed by atoms with E-state index in [1.54, 1.807) is 31.6 Å². The summed E-state index contributed by atoms with van der Waals surface area (Å²) in [4.78, 5) is 15.5. The number of amides is 1. The average Bonchev–Trinajstić information content (AvgIpc) is 2.05. The zero-order valence-corrected chi connectivity index (χ0v) is 5.69. The third kappa shape index (κ3) is 1.31. The molecular formula is C7H8N2O. The van der Waals surface area contributed by atoms with E-state index in [9.17, 15) is 4.79 Å². The molecule has 1 aromatic heterocycles. The number of carbonyl (C=O) groups excluding carboxylic acids is 1. The Kier molecular flexibility index (Phi) is 1.99. The molecule has 0 saturated heterocycles. The smallest absolute Gasteiger partial charge is 0.213 e. The van der Waals surface area contributed by atoms with Crippen LogP contribution in [0.25, 0.3) is 0 Å². The lowest BCUT2D eigenvalue weighted by Crippen LogP contribution is -2.13. The van der Waals surface area contributed by atoms with Crippen LogP contribution in [0.1, 0.15) is 0 Å². The second-order valence-corrected chi connectivity index (χ2v) is 1.92. The third-order valence-electron chi connectivity index (χ3n) is 1.23. The van der Waals surface area contributed by atoms with Gasteiger partial charge in [-0.1, -0.05) is 0 Å². The fourth-order valence-electron chi connectivity index (χ4n) is 0.640. The van der Waals surface area contributed by atoms with E-state index in [4.69, 9.17) is 0 Å². The van der Waals surface area contributed by atoms with Crippen LogP contribution in [0.4, 0.5) is 5.69 Å². The molecular weight excluding hydrogens is 128 g/mol. The summed E-state index contributed by atoms with van der Waals surface area (Å²) < 4.78 is 0. The lowest BCUT2D eigenvalue weighted by Gasteiger charge is -2.08. The Bertz CT molecular complexity index is 210. The van der Waals surface area contributed by atoms with Crippen LogP contribution in [0.15, 0.2) is 24.5 Å². The summed E-state index contributed by atoms with van der Waals surface area (Å²) in [5, 5.41) is 0. The Balaban J connectivity index is 2.84. The van der Waals surface area contributed by atoms with E-state index in [1.165, 1.54) is 4.90 Å². The summed E-state index contributed by atoms with van der Waals surface area (Å²) >= 11 is 0. The number of carbonyl (C=O) groups is 1. The van der Waals surface area contributed by atoms with Gasteiger partial charge in [0.05, 0.1) is 0 Å². The van der Waals surface area contributed by atoms with Crippen LogP contribution < -0.4 is 4.90 Å². The maximum atomic E-state index is 10.2. The van der Waals surface area contributed by atoms with Gasteiger partial charge in [0.25, 0.3) is 0 Å². The highest BCUT2D eigenvalue weighted by atomic mass is 16.1. The first-order valence-electron chi connectivity index (χ1n) is 2.93. The SMILES string of the molecule is CN(C=O)c1ccncc1. The first-order valence-corrected chi connectivity index (χ1v) is 2.93. The van der Waals surface area contributed by atoms with E-state index in [0.29, 0.717) is 0 Å². The molecule has 0 fully saturated rings. The molecule has 3 nitrogen and oxygen atoms in total. The molecule has 0 atom stereocenters. The predicted octanol–water partition coefficient (Wildman–Crippen LogP) is 0.674. The van der Waals surface area contributed by atoms with E-state index >= 15 is 0 Å². The zero-order valence-electron chi connectivity index (χ0n) is 5.69. The van der Waals surface area contributed by atoms with Crippen molar-refractivity contribution in [3.8, 4) is 0 Å².